The van der Waals surface area contributed by atoms with Gasteiger partial charge in [-0.05, 0) is 6.42 Å². The van der Waals surface area contributed by atoms with Gasteiger partial charge in [0.25, 0.3) is 5.56 Å². The second kappa shape index (κ2) is 5.02. The van der Waals surface area contributed by atoms with E-state index in [1.165, 1.54) is 23.9 Å². The zero-order valence-corrected chi connectivity index (χ0v) is 7.93. The van der Waals surface area contributed by atoms with Crippen molar-refractivity contribution in [3.05, 3.63) is 22.5 Å². The summed E-state index contributed by atoms with van der Waals surface area (Å²) in [5.41, 5.74) is -0.177. The van der Waals surface area contributed by atoms with E-state index in [1.807, 2.05) is 6.07 Å². The summed E-state index contributed by atoms with van der Waals surface area (Å²) < 4.78 is 6.18. The molecule has 0 aliphatic rings. The number of nitriles is 1. The highest BCUT2D eigenvalue weighted by Crippen LogP contribution is 2.00. The maximum absolute atomic E-state index is 11.2. The number of nitrogens with zero attached hydrogens (tertiary/aromatic N) is 3. The monoisotopic (exact) mass is 193 g/mol. The van der Waals surface area contributed by atoms with Gasteiger partial charge in [0.1, 0.15) is 0 Å². The van der Waals surface area contributed by atoms with Crippen molar-refractivity contribution in [1.82, 2.24) is 9.78 Å². The third kappa shape index (κ3) is 2.59. The fourth-order valence-corrected chi connectivity index (χ4v) is 1.01. The van der Waals surface area contributed by atoms with Gasteiger partial charge >= 0.3 is 0 Å². The average Bonchev–Trinajstić information content (AvgIpc) is 2.21. The third-order valence-electron chi connectivity index (χ3n) is 1.71. The van der Waals surface area contributed by atoms with Gasteiger partial charge in [-0.25, -0.2) is 4.68 Å². The van der Waals surface area contributed by atoms with E-state index < -0.39 is 0 Å². The molecular weight excluding hydrogens is 182 g/mol. The molecule has 74 valence electrons. The lowest BCUT2D eigenvalue weighted by Gasteiger charge is -2.03. The Morgan fingerprint density at radius 1 is 1.64 bits per heavy atom. The quantitative estimate of drug-likeness (QED) is 0.655. The summed E-state index contributed by atoms with van der Waals surface area (Å²) >= 11 is 0. The molecule has 0 unspecified atom stereocenters. The molecule has 0 saturated carbocycles. The van der Waals surface area contributed by atoms with Gasteiger partial charge in [0.05, 0.1) is 13.2 Å². The van der Waals surface area contributed by atoms with Crippen LogP contribution in [0.15, 0.2) is 16.9 Å². The fourth-order valence-electron chi connectivity index (χ4n) is 1.01. The number of ether oxygens (including phenoxy) is 1. The molecule has 0 bridgehead atoms. The first-order valence-electron chi connectivity index (χ1n) is 4.27. The van der Waals surface area contributed by atoms with E-state index in [2.05, 4.69) is 5.10 Å². The van der Waals surface area contributed by atoms with Gasteiger partial charge in [-0.15, -0.1) is 5.10 Å². The van der Waals surface area contributed by atoms with E-state index in [9.17, 15) is 4.79 Å². The van der Waals surface area contributed by atoms with Crippen molar-refractivity contribution in [2.75, 3.05) is 7.11 Å². The molecule has 0 amide bonds. The lowest BCUT2D eigenvalue weighted by molar-refractivity contribution is 0.374. The summed E-state index contributed by atoms with van der Waals surface area (Å²) in [6, 6.07) is 4.93. The van der Waals surface area contributed by atoms with Crippen LogP contribution in [0, 0.1) is 11.3 Å². The highest BCUT2D eigenvalue weighted by molar-refractivity contribution is 5.05. The Kier molecular flexibility index (Phi) is 3.68. The van der Waals surface area contributed by atoms with Gasteiger partial charge in [-0.1, -0.05) is 0 Å². The second-order valence-electron chi connectivity index (χ2n) is 2.70. The number of methoxy groups -OCH3 is 1. The highest BCUT2D eigenvalue weighted by Gasteiger charge is 1.99. The molecule has 14 heavy (non-hydrogen) atoms. The minimum absolute atomic E-state index is 0.177. The molecular formula is C9H11N3O2. The molecule has 0 aliphatic heterocycles. The normalized spacial score (nSPS) is 9.43. The Morgan fingerprint density at radius 3 is 3.07 bits per heavy atom. The second-order valence-corrected chi connectivity index (χ2v) is 2.70. The first-order valence-corrected chi connectivity index (χ1v) is 4.27. The number of unbranched alkanes of at least 4 members (excludes halogenated alkanes) is 1. The number of rotatable bonds is 4. The van der Waals surface area contributed by atoms with Crippen molar-refractivity contribution in [2.45, 2.75) is 19.4 Å². The zero-order chi connectivity index (χ0) is 10.4. The predicted molar refractivity (Wildman–Crippen MR) is 49.9 cm³/mol. The first-order chi connectivity index (χ1) is 6.77. The van der Waals surface area contributed by atoms with Crippen molar-refractivity contribution in [3.63, 3.8) is 0 Å². The van der Waals surface area contributed by atoms with Gasteiger partial charge in [-0.3, -0.25) is 4.79 Å². The summed E-state index contributed by atoms with van der Waals surface area (Å²) in [5, 5.41) is 12.3. The Morgan fingerprint density at radius 2 is 2.43 bits per heavy atom. The van der Waals surface area contributed by atoms with Crippen LogP contribution in [0.25, 0.3) is 0 Å². The Bertz CT molecular complexity index is 392. The third-order valence-corrected chi connectivity index (χ3v) is 1.71. The number of aromatic nitrogens is 2. The van der Waals surface area contributed by atoms with Crippen LogP contribution in [0.3, 0.4) is 0 Å². The van der Waals surface area contributed by atoms with Crippen LogP contribution in [-0.2, 0) is 6.54 Å². The van der Waals surface area contributed by atoms with Crippen LogP contribution in [-0.4, -0.2) is 16.9 Å². The number of aryl methyl sites for hydroxylation is 1. The molecule has 1 rings (SSSR count). The molecule has 0 saturated heterocycles. The van der Waals surface area contributed by atoms with E-state index in [0.29, 0.717) is 25.3 Å². The van der Waals surface area contributed by atoms with E-state index in [1.54, 1.807) is 0 Å². The van der Waals surface area contributed by atoms with Crippen molar-refractivity contribution >= 4 is 0 Å². The van der Waals surface area contributed by atoms with Crippen LogP contribution in [0.2, 0.25) is 0 Å². The molecule has 0 aliphatic carbocycles. The highest BCUT2D eigenvalue weighted by atomic mass is 16.5. The Balaban J connectivity index is 2.75. The maximum Gasteiger partial charge on any atom is 0.266 e. The van der Waals surface area contributed by atoms with Crippen LogP contribution in [0.5, 0.6) is 5.88 Å². The summed E-state index contributed by atoms with van der Waals surface area (Å²) in [4.78, 5) is 11.2. The van der Waals surface area contributed by atoms with Crippen molar-refractivity contribution in [3.8, 4) is 11.9 Å². The molecule has 5 heteroatoms. The molecule has 0 spiro atoms. The molecule has 0 atom stereocenters. The van der Waals surface area contributed by atoms with E-state index in [0.717, 1.165) is 0 Å². The average molecular weight is 193 g/mol. The van der Waals surface area contributed by atoms with Gasteiger partial charge in [0.2, 0.25) is 5.88 Å². The first kappa shape index (κ1) is 10.3. The van der Waals surface area contributed by atoms with Crippen LogP contribution in [0.1, 0.15) is 12.8 Å². The van der Waals surface area contributed by atoms with Crippen LogP contribution < -0.4 is 10.3 Å². The SMILES string of the molecule is COc1ccc(=O)n(CCCC#N)n1. The van der Waals surface area contributed by atoms with Gasteiger partial charge in [0.15, 0.2) is 0 Å². The van der Waals surface area contributed by atoms with E-state index in [-0.39, 0.29) is 5.56 Å². The van der Waals surface area contributed by atoms with E-state index in [4.69, 9.17) is 10.00 Å². The van der Waals surface area contributed by atoms with Gasteiger partial charge in [-0.2, -0.15) is 5.26 Å². The van der Waals surface area contributed by atoms with Crippen molar-refractivity contribution < 1.29 is 4.74 Å². The molecule has 0 radical (unpaired) electrons. The Hall–Kier alpha value is -1.83. The molecule has 0 N–H and O–H groups in total. The number of hydrogen-bond donors (Lipinski definition) is 0. The number of hydrogen-bond acceptors (Lipinski definition) is 4. The lowest BCUT2D eigenvalue weighted by atomic mass is 10.3. The molecule has 5 nitrogen and oxygen atoms in total. The molecule has 1 aromatic rings. The minimum Gasteiger partial charge on any atom is -0.480 e. The maximum atomic E-state index is 11.2. The van der Waals surface area contributed by atoms with Crippen LogP contribution in [0.4, 0.5) is 0 Å². The summed E-state index contributed by atoms with van der Waals surface area (Å²) in [5.74, 6) is 0.404. The molecule has 0 fully saturated rings. The van der Waals surface area contributed by atoms with E-state index >= 15 is 0 Å². The summed E-state index contributed by atoms with van der Waals surface area (Å²) in [6.45, 7) is 0.448. The van der Waals surface area contributed by atoms with Crippen molar-refractivity contribution in [1.29, 1.82) is 5.26 Å². The minimum atomic E-state index is -0.177. The zero-order valence-electron chi connectivity index (χ0n) is 7.93. The molecule has 1 heterocycles. The summed E-state index contributed by atoms with van der Waals surface area (Å²) in [6.07, 6.45) is 1.04. The molecule has 0 aromatic carbocycles. The summed E-state index contributed by atoms with van der Waals surface area (Å²) in [7, 11) is 1.49. The van der Waals surface area contributed by atoms with Crippen LogP contribution >= 0.6 is 0 Å². The fraction of sp³-hybridized carbons (Fsp3) is 0.444. The standard InChI is InChI=1S/C9H11N3O2/c1-14-8-4-5-9(13)12(11-8)7-3-2-6-10/h4-5H,2-3,7H2,1H3. The topological polar surface area (TPSA) is 67.9 Å². The molecule has 1 aromatic heterocycles. The van der Waals surface area contributed by atoms with Gasteiger partial charge < -0.3 is 4.74 Å². The lowest BCUT2D eigenvalue weighted by Crippen LogP contribution is -2.22. The Labute approximate surface area is 81.5 Å². The predicted octanol–water partition coefficient (Wildman–Crippen LogP) is 0.556. The smallest absolute Gasteiger partial charge is 0.266 e. The van der Waals surface area contributed by atoms with Gasteiger partial charge in [0, 0.05) is 25.1 Å². The largest absolute Gasteiger partial charge is 0.480 e. The van der Waals surface area contributed by atoms with Crippen molar-refractivity contribution in [2.24, 2.45) is 0 Å².